The molecule has 0 N–H and O–H groups in total. The highest BCUT2D eigenvalue weighted by Gasteiger charge is 2.22. The van der Waals surface area contributed by atoms with Crippen LogP contribution in [0.15, 0.2) is 71.3 Å². The Bertz CT molecular complexity index is 1190. The quantitative estimate of drug-likeness (QED) is 0.379. The van der Waals surface area contributed by atoms with Crippen molar-refractivity contribution < 1.29 is 13.9 Å². The maximum absolute atomic E-state index is 13.2. The summed E-state index contributed by atoms with van der Waals surface area (Å²) in [6, 6.07) is 19.0. The van der Waals surface area contributed by atoms with E-state index in [0.717, 1.165) is 27.6 Å². The molecular weight excluding hydrogens is 400 g/mol. The Hall–Kier alpha value is -3.31. The third-order valence-electron chi connectivity index (χ3n) is 4.93. The van der Waals surface area contributed by atoms with Gasteiger partial charge in [-0.05, 0) is 43.3 Å². The molecule has 0 saturated heterocycles. The molecule has 30 heavy (non-hydrogen) atoms. The first-order valence-electron chi connectivity index (χ1n) is 9.55. The summed E-state index contributed by atoms with van der Waals surface area (Å²) in [5, 5.41) is 1.36. The number of hydrogen-bond donors (Lipinski definition) is 0. The first-order valence-corrected chi connectivity index (χ1v) is 9.93. The molecule has 1 amide bonds. The SMILES string of the molecule is COc1ccccc1CN(Cc1cc2cc(C)ccc2nc1Cl)C(=O)c1ccco1. The van der Waals surface area contributed by atoms with Gasteiger partial charge in [-0.25, -0.2) is 4.98 Å². The first-order chi connectivity index (χ1) is 14.5. The van der Waals surface area contributed by atoms with E-state index in [-0.39, 0.29) is 18.2 Å². The second-order valence-corrected chi connectivity index (χ2v) is 7.44. The van der Waals surface area contributed by atoms with Gasteiger partial charge in [0, 0.05) is 23.1 Å². The van der Waals surface area contributed by atoms with E-state index in [4.69, 9.17) is 20.8 Å². The molecule has 0 bridgehead atoms. The standard InChI is InChI=1S/C24H21ClN2O3/c1-16-9-10-20-18(12-16)13-19(23(25)26-20)15-27(24(28)22-8-5-11-30-22)14-17-6-3-4-7-21(17)29-2/h3-13H,14-15H2,1-2H3. The van der Waals surface area contributed by atoms with Crippen molar-refractivity contribution in [1.29, 1.82) is 0 Å². The second-order valence-electron chi connectivity index (χ2n) is 7.08. The van der Waals surface area contributed by atoms with Crippen LogP contribution in [0, 0.1) is 6.92 Å². The largest absolute Gasteiger partial charge is 0.496 e. The van der Waals surface area contributed by atoms with Crippen LogP contribution in [-0.4, -0.2) is 22.9 Å². The summed E-state index contributed by atoms with van der Waals surface area (Å²) in [6.45, 7) is 2.65. The summed E-state index contributed by atoms with van der Waals surface area (Å²) in [4.78, 5) is 19.4. The lowest BCUT2D eigenvalue weighted by Crippen LogP contribution is -2.30. The van der Waals surface area contributed by atoms with E-state index in [1.165, 1.54) is 6.26 Å². The Kier molecular flexibility index (Phi) is 5.72. The minimum absolute atomic E-state index is 0.230. The lowest BCUT2D eigenvalue weighted by Gasteiger charge is -2.23. The third-order valence-corrected chi connectivity index (χ3v) is 5.26. The van der Waals surface area contributed by atoms with E-state index in [1.54, 1.807) is 24.1 Å². The Labute approximate surface area is 179 Å². The van der Waals surface area contributed by atoms with Crippen molar-refractivity contribution >= 4 is 28.4 Å². The molecule has 4 rings (SSSR count). The van der Waals surface area contributed by atoms with Crippen molar-refractivity contribution in [1.82, 2.24) is 9.88 Å². The van der Waals surface area contributed by atoms with Gasteiger partial charge in [-0.3, -0.25) is 4.79 Å². The number of carbonyl (C=O) groups is 1. The predicted octanol–water partition coefficient (Wildman–Crippen LogP) is 5.64. The molecule has 0 aliphatic heterocycles. The van der Waals surface area contributed by atoms with Crippen LogP contribution in [0.25, 0.3) is 10.9 Å². The fourth-order valence-electron chi connectivity index (χ4n) is 3.43. The lowest BCUT2D eigenvalue weighted by molar-refractivity contribution is 0.0696. The van der Waals surface area contributed by atoms with Crippen LogP contribution in [0.2, 0.25) is 5.15 Å². The van der Waals surface area contributed by atoms with Crippen molar-refractivity contribution in [2.75, 3.05) is 7.11 Å². The molecule has 5 nitrogen and oxygen atoms in total. The minimum Gasteiger partial charge on any atom is -0.496 e. The number of rotatable bonds is 6. The van der Waals surface area contributed by atoms with Crippen molar-refractivity contribution in [3.8, 4) is 5.75 Å². The molecule has 152 valence electrons. The Morgan fingerprint density at radius 3 is 2.63 bits per heavy atom. The van der Waals surface area contributed by atoms with E-state index < -0.39 is 0 Å². The summed E-state index contributed by atoms with van der Waals surface area (Å²) in [5.41, 5.74) is 3.61. The fraction of sp³-hybridized carbons (Fsp3) is 0.167. The molecule has 2 aromatic heterocycles. The molecule has 0 unspecified atom stereocenters. The van der Waals surface area contributed by atoms with Gasteiger partial charge in [0.1, 0.15) is 10.9 Å². The molecule has 2 aromatic carbocycles. The zero-order valence-electron chi connectivity index (χ0n) is 16.8. The maximum atomic E-state index is 13.2. The number of para-hydroxylation sites is 1. The number of aryl methyl sites for hydroxylation is 1. The van der Waals surface area contributed by atoms with E-state index in [1.807, 2.05) is 49.4 Å². The average Bonchev–Trinajstić information content (AvgIpc) is 3.29. The van der Waals surface area contributed by atoms with Gasteiger partial charge in [0.2, 0.25) is 0 Å². The highest BCUT2D eigenvalue weighted by molar-refractivity contribution is 6.30. The Morgan fingerprint density at radius 1 is 1.07 bits per heavy atom. The zero-order chi connectivity index (χ0) is 21.1. The molecule has 0 spiro atoms. The molecule has 4 aromatic rings. The summed E-state index contributed by atoms with van der Waals surface area (Å²) >= 11 is 6.48. The van der Waals surface area contributed by atoms with Crippen molar-refractivity contribution in [3.05, 3.63) is 94.5 Å². The van der Waals surface area contributed by atoms with Crippen LogP contribution in [0.4, 0.5) is 0 Å². The van der Waals surface area contributed by atoms with Crippen LogP contribution in [0.3, 0.4) is 0 Å². The smallest absolute Gasteiger partial charge is 0.290 e. The molecule has 2 heterocycles. The highest BCUT2D eigenvalue weighted by Crippen LogP contribution is 2.26. The van der Waals surface area contributed by atoms with Gasteiger partial charge in [-0.15, -0.1) is 0 Å². The molecule has 0 aliphatic rings. The zero-order valence-corrected chi connectivity index (χ0v) is 17.5. The van der Waals surface area contributed by atoms with Crippen LogP contribution >= 0.6 is 11.6 Å². The Morgan fingerprint density at radius 2 is 1.87 bits per heavy atom. The number of furan rings is 1. The summed E-state index contributed by atoms with van der Waals surface area (Å²) in [6.07, 6.45) is 1.49. The maximum Gasteiger partial charge on any atom is 0.290 e. The number of methoxy groups -OCH3 is 1. The predicted molar refractivity (Wildman–Crippen MR) is 117 cm³/mol. The van der Waals surface area contributed by atoms with Gasteiger partial charge in [0.15, 0.2) is 5.76 Å². The third kappa shape index (κ3) is 4.16. The number of benzene rings is 2. The summed E-state index contributed by atoms with van der Waals surface area (Å²) < 4.78 is 10.8. The molecule has 0 saturated carbocycles. The molecule has 0 radical (unpaired) electrons. The molecular formula is C24H21ClN2O3. The molecule has 0 atom stereocenters. The second kappa shape index (κ2) is 8.59. The number of aromatic nitrogens is 1. The van der Waals surface area contributed by atoms with Crippen LogP contribution in [0.5, 0.6) is 5.75 Å². The number of carbonyl (C=O) groups excluding carboxylic acids is 1. The first kappa shape index (κ1) is 20.0. The number of ether oxygens (including phenoxy) is 1. The van der Waals surface area contributed by atoms with E-state index in [0.29, 0.717) is 17.4 Å². The number of halogens is 1. The normalized spacial score (nSPS) is 10.9. The van der Waals surface area contributed by atoms with E-state index in [2.05, 4.69) is 11.1 Å². The van der Waals surface area contributed by atoms with Gasteiger partial charge in [0.05, 0.1) is 25.4 Å². The van der Waals surface area contributed by atoms with Crippen LogP contribution < -0.4 is 4.74 Å². The van der Waals surface area contributed by atoms with Gasteiger partial charge < -0.3 is 14.1 Å². The summed E-state index contributed by atoms with van der Waals surface area (Å²) in [5.74, 6) is 0.755. The van der Waals surface area contributed by atoms with E-state index >= 15 is 0 Å². The number of fused-ring (bicyclic) bond motifs is 1. The van der Waals surface area contributed by atoms with Gasteiger partial charge in [-0.1, -0.05) is 41.4 Å². The van der Waals surface area contributed by atoms with Crippen molar-refractivity contribution in [3.63, 3.8) is 0 Å². The molecule has 6 heteroatoms. The van der Waals surface area contributed by atoms with Gasteiger partial charge in [-0.2, -0.15) is 0 Å². The van der Waals surface area contributed by atoms with Gasteiger partial charge in [0.25, 0.3) is 5.91 Å². The number of amides is 1. The van der Waals surface area contributed by atoms with Gasteiger partial charge >= 0.3 is 0 Å². The number of pyridine rings is 1. The van der Waals surface area contributed by atoms with Crippen LogP contribution in [0.1, 0.15) is 27.2 Å². The highest BCUT2D eigenvalue weighted by atomic mass is 35.5. The van der Waals surface area contributed by atoms with E-state index in [9.17, 15) is 4.79 Å². The fourth-order valence-corrected chi connectivity index (χ4v) is 3.63. The van der Waals surface area contributed by atoms with Crippen molar-refractivity contribution in [2.45, 2.75) is 20.0 Å². The minimum atomic E-state index is -0.230. The van der Waals surface area contributed by atoms with Crippen LogP contribution in [-0.2, 0) is 13.1 Å². The summed E-state index contributed by atoms with van der Waals surface area (Å²) in [7, 11) is 1.62. The molecule has 0 aliphatic carbocycles. The van der Waals surface area contributed by atoms with Crippen molar-refractivity contribution in [2.24, 2.45) is 0 Å². The lowest BCUT2D eigenvalue weighted by atomic mass is 10.1. The number of hydrogen-bond acceptors (Lipinski definition) is 4. The Balaban J connectivity index is 1.71. The number of nitrogens with zero attached hydrogens (tertiary/aromatic N) is 2. The topological polar surface area (TPSA) is 55.6 Å². The molecule has 0 fully saturated rings. The average molecular weight is 421 g/mol. The monoisotopic (exact) mass is 420 g/mol.